The summed E-state index contributed by atoms with van der Waals surface area (Å²) in [6.45, 7) is 1.98. The molecule has 0 aliphatic rings. The van der Waals surface area contributed by atoms with E-state index in [1.807, 2.05) is 37.3 Å². The van der Waals surface area contributed by atoms with E-state index < -0.39 is 0 Å². The minimum absolute atomic E-state index is 0.0614. The van der Waals surface area contributed by atoms with Crippen LogP contribution in [0.1, 0.15) is 20.8 Å². The van der Waals surface area contributed by atoms with E-state index in [2.05, 4.69) is 31.9 Å². The van der Waals surface area contributed by atoms with Crippen molar-refractivity contribution in [1.82, 2.24) is 0 Å². The number of aryl methyl sites for hydroxylation is 1. The zero-order valence-electron chi connectivity index (χ0n) is 8.46. The number of benzene rings is 1. The lowest BCUT2D eigenvalue weighted by atomic mass is 10.1. The minimum Gasteiger partial charge on any atom is -0.288 e. The molecule has 0 unspecified atom stereocenters. The molecule has 1 heterocycles. The molecule has 1 nitrogen and oxygen atoms in total. The number of hydrogen-bond acceptors (Lipinski definition) is 2. The Morgan fingerprint density at radius 2 is 1.94 bits per heavy atom. The van der Waals surface area contributed by atoms with Crippen molar-refractivity contribution in [2.45, 2.75) is 6.92 Å². The average Bonchev–Trinajstić information content (AvgIpc) is 2.68. The van der Waals surface area contributed by atoms with E-state index in [4.69, 9.17) is 0 Å². The third-order valence-corrected chi connectivity index (χ3v) is 4.91. The third-order valence-electron chi connectivity index (χ3n) is 2.23. The van der Waals surface area contributed by atoms with Gasteiger partial charge in [-0.05, 0) is 62.5 Å². The number of hydrogen-bond donors (Lipinski definition) is 0. The van der Waals surface area contributed by atoms with Crippen LogP contribution in [0.5, 0.6) is 0 Å². The molecule has 1 aromatic heterocycles. The van der Waals surface area contributed by atoms with Crippen molar-refractivity contribution in [3.63, 3.8) is 0 Å². The van der Waals surface area contributed by atoms with E-state index in [1.54, 1.807) is 0 Å². The molecule has 0 fully saturated rings. The summed E-state index contributed by atoms with van der Waals surface area (Å²) in [5, 5.41) is 0. The van der Waals surface area contributed by atoms with Crippen LogP contribution in [0.2, 0.25) is 0 Å². The molecule has 1 aromatic carbocycles. The first-order valence-corrected chi connectivity index (χ1v) is 7.05. The third kappa shape index (κ3) is 2.29. The number of ketones is 1. The Balaban J connectivity index is 2.45. The molecule has 82 valence electrons. The molecule has 0 saturated carbocycles. The second kappa shape index (κ2) is 4.82. The van der Waals surface area contributed by atoms with Gasteiger partial charge in [0, 0.05) is 10.0 Å². The maximum absolute atomic E-state index is 12.2. The normalized spacial score (nSPS) is 10.4. The number of carbonyl (C=O) groups is 1. The zero-order chi connectivity index (χ0) is 11.7. The Bertz CT molecular complexity index is 546. The maximum Gasteiger partial charge on any atom is 0.204 e. The van der Waals surface area contributed by atoms with Gasteiger partial charge in [0.2, 0.25) is 5.78 Å². The lowest BCUT2D eigenvalue weighted by molar-refractivity contribution is 0.104. The molecule has 0 atom stereocenters. The van der Waals surface area contributed by atoms with Gasteiger partial charge in [0.15, 0.2) is 0 Å². The van der Waals surface area contributed by atoms with Crippen molar-refractivity contribution in [1.29, 1.82) is 0 Å². The van der Waals surface area contributed by atoms with E-state index in [0.29, 0.717) is 5.56 Å². The van der Waals surface area contributed by atoms with Crippen LogP contribution in [0.25, 0.3) is 0 Å². The van der Waals surface area contributed by atoms with Gasteiger partial charge in [-0.2, -0.15) is 0 Å². The summed E-state index contributed by atoms with van der Waals surface area (Å²) >= 11 is 8.27. The summed E-state index contributed by atoms with van der Waals surface area (Å²) in [4.78, 5) is 12.9. The topological polar surface area (TPSA) is 17.1 Å². The Labute approximate surface area is 115 Å². The maximum atomic E-state index is 12.2. The standard InChI is InChI=1S/C12H8Br2OS/c1-7-3-2-4-8(11(7)14)12(15)9-5-6-10(13)16-9/h2-6H,1H3. The van der Waals surface area contributed by atoms with Crippen molar-refractivity contribution in [2.75, 3.05) is 0 Å². The second-order valence-corrected chi connectivity index (χ2v) is 6.63. The minimum atomic E-state index is 0.0614. The SMILES string of the molecule is Cc1cccc(C(=O)c2ccc(Br)s2)c1Br. The van der Waals surface area contributed by atoms with Crippen molar-refractivity contribution in [2.24, 2.45) is 0 Å². The quantitative estimate of drug-likeness (QED) is 0.703. The first-order chi connectivity index (χ1) is 7.59. The molecular weight excluding hydrogens is 352 g/mol. The summed E-state index contributed by atoms with van der Waals surface area (Å²) < 4.78 is 1.85. The average molecular weight is 360 g/mol. The fraction of sp³-hybridized carbons (Fsp3) is 0.0833. The molecule has 0 amide bonds. The predicted octanol–water partition coefficient (Wildman–Crippen LogP) is 4.81. The van der Waals surface area contributed by atoms with Crippen molar-refractivity contribution in [3.8, 4) is 0 Å². The van der Waals surface area contributed by atoms with Crippen LogP contribution in [-0.4, -0.2) is 5.78 Å². The summed E-state index contributed by atoms with van der Waals surface area (Å²) in [7, 11) is 0. The first kappa shape index (κ1) is 12.0. The van der Waals surface area contributed by atoms with Crippen LogP contribution in [0.3, 0.4) is 0 Å². The van der Waals surface area contributed by atoms with Gasteiger partial charge in [0.05, 0.1) is 8.66 Å². The van der Waals surface area contributed by atoms with Gasteiger partial charge >= 0.3 is 0 Å². The summed E-state index contributed by atoms with van der Waals surface area (Å²) in [6, 6.07) is 9.45. The van der Waals surface area contributed by atoms with E-state index in [9.17, 15) is 4.79 Å². The largest absolute Gasteiger partial charge is 0.288 e. The molecule has 2 rings (SSSR count). The Hall–Kier alpha value is -0.450. The highest BCUT2D eigenvalue weighted by atomic mass is 79.9. The lowest BCUT2D eigenvalue weighted by Gasteiger charge is -2.04. The molecule has 0 N–H and O–H groups in total. The zero-order valence-corrected chi connectivity index (χ0v) is 12.4. The number of halogens is 2. The van der Waals surface area contributed by atoms with Crippen molar-refractivity contribution < 1.29 is 4.79 Å². The van der Waals surface area contributed by atoms with Gasteiger partial charge in [-0.15, -0.1) is 11.3 Å². The number of thiophene rings is 1. The summed E-state index contributed by atoms with van der Waals surface area (Å²) in [5.41, 5.74) is 1.79. The molecule has 16 heavy (non-hydrogen) atoms. The molecule has 0 saturated heterocycles. The molecule has 0 aliphatic heterocycles. The van der Waals surface area contributed by atoms with E-state index in [0.717, 1.165) is 18.7 Å². The van der Waals surface area contributed by atoms with Crippen LogP contribution in [0.4, 0.5) is 0 Å². The van der Waals surface area contributed by atoms with Gasteiger partial charge in [0.25, 0.3) is 0 Å². The fourth-order valence-electron chi connectivity index (χ4n) is 1.39. The second-order valence-electron chi connectivity index (χ2n) is 3.37. The highest BCUT2D eigenvalue weighted by Crippen LogP contribution is 2.28. The predicted molar refractivity (Wildman–Crippen MR) is 74.3 cm³/mol. The highest BCUT2D eigenvalue weighted by molar-refractivity contribution is 9.11. The number of carbonyl (C=O) groups excluding carboxylic acids is 1. The Morgan fingerprint density at radius 3 is 2.56 bits per heavy atom. The van der Waals surface area contributed by atoms with Crippen LogP contribution in [0, 0.1) is 6.92 Å². The lowest BCUT2D eigenvalue weighted by Crippen LogP contribution is -2.00. The Morgan fingerprint density at radius 1 is 1.19 bits per heavy atom. The molecular formula is C12H8Br2OS. The van der Waals surface area contributed by atoms with Gasteiger partial charge in [-0.1, -0.05) is 12.1 Å². The molecule has 0 spiro atoms. The van der Waals surface area contributed by atoms with Crippen LogP contribution in [-0.2, 0) is 0 Å². The van der Waals surface area contributed by atoms with E-state index in [-0.39, 0.29) is 5.78 Å². The molecule has 0 radical (unpaired) electrons. The summed E-state index contributed by atoms with van der Waals surface area (Å²) in [5.74, 6) is 0.0614. The molecule has 0 bridgehead atoms. The van der Waals surface area contributed by atoms with Crippen LogP contribution in [0.15, 0.2) is 38.6 Å². The van der Waals surface area contributed by atoms with E-state index >= 15 is 0 Å². The summed E-state index contributed by atoms with van der Waals surface area (Å²) in [6.07, 6.45) is 0. The first-order valence-electron chi connectivity index (χ1n) is 4.65. The van der Waals surface area contributed by atoms with E-state index in [1.165, 1.54) is 11.3 Å². The van der Waals surface area contributed by atoms with Crippen molar-refractivity contribution >= 4 is 49.0 Å². The van der Waals surface area contributed by atoms with Crippen LogP contribution >= 0.6 is 43.2 Å². The fourth-order valence-corrected chi connectivity index (χ4v) is 3.18. The van der Waals surface area contributed by atoms with Crippen molar-refractivity contribution in [3.05, 3.63) is 54.6 Å². The van der Waals surface area contributed by atoms with Gasteiger partial charge in [-0.25, -0.2) is 0 Å². The van der Waals surface area contributed by atoms with Gasteiger partial charge in [-0.3, -0.25) is 4.79 Å². The van der Waals surface area contributed by atoms with Gasteiger partial charge < -0.3 is 0 Å². The number of rotatable bonds is 2. The monoisotopic (exact) mass is 358 g/mol. The Kier molecular flexibility index (Phi) is 3.62. The molecule has 2 aromatic rings. The highest BCUT2D eigenvalue weighted by Gasteiger charge is 2.15. The van der Waals surface area contributed by atoms with Gasteiger partial charge in [0.1, 0.15) is 0 Å². The molecule has 0 aliphatic carbocycles. The van der Waals surface area contributed by atoms with Crippen LogP contribution < -0.4 is 0 Å². The molecule has 4 heteroatoms. The smallest absolute Gasteiger partial charge is 0.204 e.